The first kappa shape index (κ1) is 16.5. The number of carbonyl (C=O) groups excluding carboxylic acids is 1. The number of methoxy groups -OCH3 is 1. The van der Waals surface area contributed by atoms with Crippen LogP contribution in [0.5, 0.6) is 5.75 Å². The van der Waals surface area contributed by atoms with Crippen LogP contribution < -0.4 is 10.1 Å². The Balaban J connectivity index is 2.72. The molecule has 112 valence electrons. The van der Waals surface area contributed by atoms with Gasteiger partial charge in [-0.1, -0.05) is 12.1 Å². The zero-order valence-electron chi connectivity index (χ0n) is 12.8. The molecule has 0 spiro atoms. The van der Waals surface area contributed by atoms with Crippen molar-refractivity contribution in [1.82, 2.24) is 5.32 Å². The van der Waals surface area contributed by atoms with Gasteiger partial charge in [0.25, 0.3) is 0 Å². The Morgan fingerprint density at radius 2 is 1.95 bits per heavy atom. The number of aliphatic hydroxyl groups is 1. The number of carbonyl (C=O) groups is 1. The molecular formula is C16H25NO3. The molecule has 0 aromatic heterocycles. The molecule has 0 radical (unpaired) electrons. The molecule has 4 heteroatoms. The van der Waals surface area contributed by atoms with E-state index in [1.807, 2.05) is 45.0 Å². The van der Waals surface area contributed by atoms with E-state index in [4.69, 9.17) is 9.84 Å². The van der Waals surface area contributed by atoms with E-state index < -0.39 is 5.41 Å². The lowest BCUT2D eigenvalue weighted by Crippen LogP contribution is -2.44. The predicted molar refractivity (Wildman–Crippen MR) is 79.9 cm³/mol. The molecule has 2 N–H and O–H groups in total. The molecule has 0 aliphatic carbocycles. The van der Waals surface area contributed by atoms with Gasteiger partial charge in [0.1, 0.15) is 5.75 Å². The normalized spacial score (nSPS) is 12.8. The fourth-order valence-electron chi connectivity index (χ4n) is 2.01. The van der Waals surface area contributed by atoms with E-state index in [0.717, 1.165) is 17.7 Å². The highest BCUT2D eigenvalue weighted by molar-refractivity contribution is 5.87. The number of amides is 1. The van der Waals surface area contributed by atoms with Crippen LogP contribution in [-0.4, -0.2) is 30.8 Å². The number of nitrogens with one attached hydrogen (secondary N) is 1. The Labute approximate surface area is 121 Å². The topological polar surface area (TPSA) is 58.6 Å². The number of aliphatic hydroxyl groups excluding tert-OH is 1. The maximum Gasteiger partial charge on any atom is 0.230 e. The summed E-state index contributed by atoms with van der Waals surface area (Å²) in [6.45, 7) is 5.92. The van der Waals surface area contributed by atoms with E-state index in [9.17, 15) is 4.79 Å². The van der Waals surface area contributed by atoms with Gasteiger partial charge in [0.2, 0.25) is 5.91 Å². The lowest BCUT2D eigenvalue weighted by atomic mass is 9.83. The Hall–Kier alpha value is -1.55. The number of ether oxygens (including phenoxy) is 1. The molecule has 1 aromatic rings. The SMILES string of the molecule is COc1ccc(C(C)(C)C(=O)NC(C)CCCO)cc1. The van der Waals surface area contributed by atoms with Gasteiger partial charge in [-0.15, -0.1) is 0 Å². The van der Waals surface area contributed by atoms with Crippen LogP contribution >= 0.6 is 0 Å². The summed E-state index contributed by atoms with van der Waals surface area (Å²) in [4.78, 5) is 12.4. The van der Waals surface area contributed by atoms with Crippen molar-refractivity contribution in [2.24, 2.45) is 0 Å². The van der Waals surface area contributed by atoms with E-state index in [-0.39, 0.29) is 18.6 Å². The molecule has 1 amide bonds. The van der Waals surface area contributed by atoms with Gasteiger partial charge < -0.3 is 15.2 Å². The minimum Gasteiger partial charge on any atom is -0.497 e. The van der Waals surface area contributed by atoms with Gasteiger partial charge in [-0.05, 0) is 51.3 Å². The molecular weight excluding hydrogens is 254 g/mol. The second-order valence-electron chi connectivity index (χ2n) is 5.59. The molecule has 0 bridgehead atoms. The molecule has 1 aromatic carbocycles. The highest BCUT2D eigenvalue weighted by atomic mass is 16.5. The average Bonchev–Trinajstić information content (AvgIpc) is 2.45. The summed E-state index contributed by atoms with van der Waals surface area (Å²) in [5, 5.41) is 11.8. The summed E-state index contributed by atoms with van der Waals surface area (Å²) in [5.74, 6) is 0.773. The Kier molecular flexibility index (Phi) is 6.02. The molecule has 4 nitrogen and oxygen atoms in total. The van der Waals surface area contributed by atoms with Crippen molar-refractivity contribution in [2.75, 3.05) is 13.7 Å². The van der Waals surface area contributed by atoms with Crippen LogP contribution in [-0.2, 0) is 10.2 Å². The zero-order valence-corrected chi connectivity index (χ0v) is 12.8. The molecule has 0 saturated heterocycles. The first-order valence-corrected chi connectivity index (χ1v) is 6.98. The van der Waals surface area contributed by atoms with Gasteiger partial charge in [0.05, 0.1) is 12.5 Å². The Morgan fingerprint density at radius 1 is 1.35 bits per heavy atom. The van der Waals surface area contributed by atoms with Crippen molar-refractivity contribution >= 4 is 5.91 Å². The molecule has 0 heterocycles. The number of benzene rings is 1. The van der Waals surface area contributed by atoms with Gasteiger partial charge in [0.15, 0.2) is 0 Å². The second-order valence-corrected chi connectivity index (χ2v) is 5.59. The van der Waals surface area contributed by atoms with Crippen LogP contribution in [0.1, 0.15) is 39.2 Å². The van der Waals surface area contributed by atoms with Crippen LogP contribution in [0.15, 0.2) is 24.3 Å². The van der Waals surface area contributed by atoms with Crippen LogP contribution in [0.4, 0.5) is 0 Å². The predicted octanol–water partition coefficient (Wildman–Crippen LogP) is 2.25. The Bertz CT molecular complexity index is 426. The summed E-state index contributed by atoms with van der Waals surface area (Å²) in [6.07, 6.45) is 1.48. The summed E-state index contributed by atoms with van der Waals surface area (Å²) in [6, 6.07) is 7.61. The van der Waals surface area contributed by atoms with Gasteiger partial charge >= 0.3 is 0 Å². The van der Waals surface area contributed by atoms with Crippen molar-refractivity contribution in [3.63, 3.8) is 0 Å². The van der Waals surface area contributed by atoms with E-state index in [1.165, 1.54) is 0 Å². The first-order chi connectivity index (χ1) is 9.41. The van der Waals surface area contributed by atoms with E-state index in [1.54, 1.807) is 7.11 Å². The monoisotopic (exact) mass is 279 g/mol. The highest BCUT2D eigenvalue weighted by Crippen LogP contribution is 2.25. The van der Waals surface area contributed by atoms with Gasteiger partial charge in [-0.2, -0.15) is 0 Å². The van der Waals surface area contributed by atoms with Crippen molar-refractivity contribution in [1.29, 1.82) is 0 Å². The largest absolute Gasteiger partial charge is 0.497 e. The summed E-state index contributed by atoms with van der Waals surface area (Å²) < 4.78 is 5.13. The molecule has 0 fully saturated rings. The molecule has 0 aliphatic rings. The smallest absolute Gasteiger partial charge is 0.230 e. The van der Waals surface area contributed by atoms with Crippen molar-refractivity contribution in [3.05, 3.63) is 29.8 Å². The maximum atomic E-state index is 12.4. The van der Waals surface area contributed by atoms with Crippen LogP contribution in [0.2, 0.25) is 0 Å². The quantitative estimate of drug-likeness (QED) is 0.805. The fourth-order valence-corrected chi connectivity index (χ4v) is 2.01. The minimum absolute atomic E-state index is 0.00638. The third-order valence-electron chi connectivity index (χ3n) is 3.55. The lowest BCUT2D eigenvalue weighted by Gasteiger charge is -2.26. The van der Waals surface area contributed by atoms with Gasteiger partial charge in [0, 0.05) is 12.6 Å². The van der Waals surface area contributed by atoms with Gasteiger partial charge in [-0.25, -0.2) is 0 Å². The Morgan fingerprint density at radius 3 is 2.45 bits per heavy atom. The van der Waals surface area contributed by atoms with Crippen molar-refractivity contribution in [3.8, 4) is 5.75 Å². The first-order valence-electron chi connectivity index (χ1n) is 6.98. The summed E-state index contributed by atoms with van der Waals surface area (Å²) >= 11 is 0. The third-order valence-corrected chi connectivity index (χ3v) is 3.55. The molecule has 0 saturated carbocycles. The average molecular weight is 279 g/mol. The molecule has 1 rings (SSSR count). The van der Waals surface area contributed by atoms with Crippen molar-refractivity contribution in [2.45, 2.75) is 45.1 Å². The third kappa shape index (κ3) is 4.23. The van der Waals surface area contributed by atoms with Crippen molar-refractivity contribution < 1.29 is 14.6 Å². The number of hydrogen-bond donors (Lipinski definition) is 2. The minimum atomic E-state index is -0.597. The second kappa shape index (κ2) is 7.29. The van der Waals surface area contributed by atoms with Gasteiger partial charge in [-0.3, -0.25) is 4.79 Å². The molecule has 0 aliphatic heterocycles. The molecule has 20 heavy (non-hydrogen) atoms. The standard InChI is InChI=1S/C16H25NO3/c1-12(6-5-11-18)17-15(19)16(2,3)13-7-9-14(20-4)10-8-13/h7-10,12,18H,5-6,11H2,1-4H3,(H,17,19). The number of rotatable bonds is 7. The fraction of sp³-hybridized carbons (Fsp3) is 0.562. The van der Waals surface area contributed by atoms with E-state index >= 15 is 0 Å². The molecule has 1 unspecified atom stereocenters. The molecule has 1 atom stereocenters. The van der Waals surface area contributed by atoms with Crippen LogP contribution in [0, 0.1) is 0 Å². The maximum absolute atomic E-state index is 12.4. The summed E-state index contributed by atoms with van der Waals surface area (Å²) in [5.41, 5.74) is 0.352. The number of hydrogen-bond acceptors (Lipinski definition) is 3. The van der Waals surface area contributed by atoms with Crippen LogP contribution in [0.3, 0.4) is 0 Å². The van der Waals surface area contributed by atoms with Crippen LogP contribution in [0.25, 0.3) is 0 Å². The van der Waals surface area contributed by atoms with E-state index in [2.05, 4.69) is 5.32 Å². The lowest BCUT2D eigenvalue weighted by molar-refractivity contribution is -0.126. The zero-order chi connectivity index (χ0) is 15.2. The summed E-state index contributed by atoms with van der Waals surface area (Å²) in [7, 11) is 1.62. The van der Waals surface area contributed by atoms with E-state index in [0.29, 0.717) is 6.42 Å². The highest BCUT2D eigenvalue weighted by Gasteiger charge is 2.30.